The third-order valence-corrected chi connectivity index (χ3v) is 5.42. The van der Waals surface area contributed by atoms with Crippen LogP contribution >= 0.6 is 15.9 Å². The summed E-state index contributed by atoms with van der Waals surface area (Å²) in [6.07, 6.45) is -1.49. The van der Waals surface area contributed by atoms with E-state index in [0.717, 1.165) is 4.47 Å². The van der Waals surface area contributed by atoms with Gasteiger partial charge in [-0.05, 0) is 49.7 Å². The highest BCUT2D eigenvalue weighted by Gasteiger charge is 2.44. The normalized spacial score (nSPS) is 15.6. The molecule has 3 aromatic rings. The minimum atomic E-state index is -2.86. The molecule has 2 amide bonds. The van der Waals surface area contributed by atoms with Crippen LogP contribution in [0.4, 0.5) is 8.78 Å². The molecule has 7 nitrogen and oxygen atoms in total. The third-order valence-electron chi connectivity index (χ3n) is 4.93. The Morgan fingerprint density at radius 3 is 2.57 bits per heavy atom. The molecule has 0 spiro atoms. The SMILES string of the molecule is CC1(C)C(=O)N(Cc2ccc(-c3nnc(C(F)F)o3)cn2)C(=O)c2ccc(Br)cc21. The van der Waals surface area contributed by atoms with Crippen LogP contribution in [0, 0.1) is 0 Å². The second-order valence-electron chi connectivity index (χ2n) is 7.30. The fourth-order valence-corrected chi connectivity index (χ4v) is 3.66. The van der Waals surface area contributed by atoms with Gasteiger partial charge in [0.25, 0.3) is 11.8 Å². The Morgan fingerprint density at radius 1 is 1.17 bits per heavy atom. The van der Waals surface area contributed by atoms with Gasteiger partial charge < -0.3 is 4.42 Å². The highest BCUT2D eigenvalue weighted by Crippen LogP contribution is 2.36. The van der Waals surface area contributed by atoms with Gasteiger partial charge in [0, 0.05) is 16.2 Å². The van der Waals surface area contributed by atoms with Crippen molar-refractivity contribution in [2.24, 2.45) is 0 Å². The summed E-state index contributed by atoms with van der Waals surface area (Å²) in [6, 6.07) is 8.36. The maximum atomic E-state index is 13.0. The van der Waals surface area contributed by atoms with Crippen LogP contribution < -0.4 is 0 Å². The van der Waals surface area contributed by atoms with Crippen molar-refractivity contribution >= 4 is 27.7 Å². The molecule has 154 valence electrons. The summed E-state index contributed by atoms with van der Waals surface area (Å²) in [7, 11) is 0. The lowest BCUT2D eigenvalue weighted by molar-refractivity contribution is -0.134. The quantitative estimate of drug-likeness (QED) is 0.521. The molecule has 2 aromatic heterocycles. The van der Waals surface area contributed by atoms with Gasteiger partial charge in [0.1, 0.15) is 0 Å². The van der Waals surface area contributed by atoms with Crippen LogP contribution in [0.25, 0.3) is 11.5 Å². The number of alkyl halides is 2. The number of aromatic nitrogens is 3. The maximum Gasteiger partial charge on any atom is 0.314 e. The van der Waals surface area contributed by atoms with Gasteiger partial charge in [-0.25, -0.2) is 0 Å². The monoisotopic (exact) mass is 476 g/mol. The number of hydrogen-bond donors (Lipinski definition) is 0. The molecule has 0 radical (unpaired) electrons. The van der Waals surface area contributed by atoms with E-state index in [1.54, 1.807) is 44.2 Å². The number of carbonyl (C=O) groups is 2. The molecule has 0 N–H and O–H groups in total. The van der Waals surface area contributed by atoms with Crippen molar-refractivity contribution in [2.45, 2.75) is 32.2 Å². The van der Waals surface area contributed by atoms with E-state index >= 15 is 0 Å². The van der Waals surface area contributed by atoms with Crippen molar-refractivity contribution in [3.8, 4) is 11.5 Å². The summed E-state index contributed by atoms with van der Waals surface area (Å²) in [5, 5.41) is 6.85. The van der Waals surface area contributed by atoms with E-state index in [0.29, 0.717) is 22.4 Å². The zero-order valence-electron chi connectivity index (χ0n) is 15.9. The van der Waals surface area contributed by atoms with Crippen LogP contribution in [0.5, 0.6) is 0 Å². The van der Waals surface area contributed by atoms with E-state index in [1.165, 1.54) is 11.1 Å². The summed E-state index contributed by atoms with van der Waals surface area (Å²) < 4.78 is 30.9. The number of imide groups is 1. The van der Waals surface area contributed by atoms with E-state index in [9.17, 15) is 18.4 Å². The second kappa shape index (κ2) is 7.35. The summed E-state index contributed by atoms with van der Waals surface area (Å²) in [6.45, 7) is 3.52. The highest BCUT2D eigenvalue weighted by atomic mass is 79.9. The smallest absolute Gasteiger partial charge is 0.314 e. The highest BCUT2D eigenvalue weighted by molar-refractivity contribution is 9.10. The molecular formula is C20H15BrF2N4O3. The lowest BCUT2D eigenvalue weighted by Crippen LogP contribution is -2.51. The number of nitrogens with zero attached hydrogens (tertiary/aromatic N) is 4. The molecule has 30 heavy (non-hydrogen) atoms. The topological polar surface area (TPSA) is 89.2 Å². The first-order valence-corrected chi connectivity index (χ1v) is 9.71. The van der Waals surface area contributed by atoms with Crippen LogP contribution in [-0.4, -0.2) is 31.9 Å². The number of rotatable bonds is 4. The Balaban J connectivity index is 1.60. The predicted molar refractivity (Wildman–Crippen MR) is 105 cm³/mol. The van der Waals surface area contributed by atoms with Gasteiger partial charge in [-0.1, -0.05) is 15.9 Å². The van der Waals surface area contributed by atoms with E-state index in [4.69, 9.17) is 4.42 Å². The largest absolute Gasteiger partial charge is 0.415 e. The number of fused-ring (bicyclic) bond motifs is 1. The first-order valence-electron chi connectivity index (χ1n) is 8.91. The summed E-state index contributed by atoms with van der Waals surface area (Å²) in [5.41, 5.74) is 1.04. The summed E-state index contributed by atoms with van der Waals surface area (Å²) in [5.74, 6) is -1.59. The first kappa shape index (κ1) is 20.3. The van der Waals surface area contributed by atoms with E-state index in [-0.39, 0.29) is 18.3 Å². The van der Waals surface area contributed by atoms with Gasteiger partial charge in [0.05, 0.1) is 23.2 Å². The number of carbonyl (C=O) groups excluding carboxylic acids is 2. The molecule has 4 rings (SSSR count). The van der Waals surface area contributed by atoms with E-state index < -0.39 is 23.6 Å². The standard InChI is InChI=1S/C20H15BrF2N4O3/c1-20(2)14-7-11(21)4-6-13(14)18(28)27(19(20)29)9-12-5-3-10(8-24-12)16-25-26-17(30-16)15(22)23/h3-8,15H,9H2,1-2H3. The summed E-state index contributed by atoms with van der Waals surface area (Å²) in [4.78, 5) is 31.4. The Bertz CT molecular complexity index is 1150. The molecule has 10 heteroatoms. The Morgan fingerprint density at radius 2 is 1.93 bits per heavy atom. The zero-order valence-corrected chi connectivity index (χ0v) is 17.5. The first-order chi connectivity index (χ1) is 14.2. The van der Waals surface area contributed by atoms with Crippen LogP contribution in [0.1, 0.15) is 47.8 Å². The average Bonchev–Trinajstić information content (AvgIpc) is 3.21. The lowest BCUT2D eigenvalue weighted by atomic mass is 9.77. The molecule has 3 heterocycles. The van der Waals surface area contributed by atoms with Crippen LogP contribution in [-0.2, 0) is 16.8 Å². The van der Waals surface area contributed by atoms with Crippen molar-refractivity contribution in [3.63, 3.8) is 0 Å². The molecule has 0 atom stereocenters. The van der Waals surface area contributed by atoms with Gasteiger partial charge >= 0.3 is 6.43 Å². The van der Waals surface area contributed by atoms with E-state index in [1.807, 2.05) is 0 Å². The van der Waals surface area contributed by atoms with Gasteiger partial charge in [0.2, 0.25) is 11.8 Å². The van der Waals surface area contributed by atoms with Crippen LogP contribution in [0.3, 0.4) is 0 Å². The molecular weight excluding hydrogens is 462 g/mol. The van der Waals surface area contributed by atoms with Gasteiger partial charge in [0.15, 0.2) is 0 Å². The van der Waals surface area contributed by atoms with Crippen molar-refractivity contribution < 1.29 is 22.8 Å². The van der Waals surface area contributed by atoms with Crippen molar-refractivity contribution in [1.29, 1.82) is 0 Å². The molecule has 0 fully saturated rings. The van der Waals surface area contributed by atoms with Gasteiger partial charge in [-0.15, -0.1) is 10.2 Å². The molecule has 1 aliphatic rings. The fraction of sp³-hybridized carbons (Fsp3) is 0.250. The molecule has 0 aliphatic carbocycles. The summed E-state index contributed by atoms with van der Waals surface area (Å²) >= 11 is 3.38. The fourth-order valence-electron chi connectivity index (χ4n) is 3.30. The number of benzene rings is 1. The second-order valence-corrected chi connectivity index (χ2v) is 8.21. The zero-order chi connectivity index (χ0) is 21.6. The van der Waals surface area contributed by atoms with Crippen LogP contribution in [0.15, 0.2) is 45.4 Å². The molecule has 1 aliphatic heterocycles. The van der Waals surface area contributed by atoms with Gasteiger partial charge in [-0.3, -0.25) is 19.5 Å². The molecule has 0 unspecified atom stereocenters. The Labute approximate surface area is 178 Å². The van der Waals surface area contributed by atoms with Crippen molar-refractivity contribution in [3.05, 3.63) is 63.7 Å². The Hall–Kier alpha value is -3.01. The van der Waals surface area contributed by atoms with Crippen molar-refractivity contribution in [2.75, 3.05) is 0 Å². The number of halogens is 3. The molecule has 0 saturated carbocycles. The molecule has 1 aromatic carbocycles. The Kier molecular flexibility index (Phi) is 4.97. The molecule has 0 saturated heterocycles. The van der Waals surface area contributed by atoms with Crippen LogP contribution in [0.2, 0.25) is 0 Å². The van der Waals surface area contributed by atoms with E-state index in [2.05, 4.69) is 31.1 Å². The number of amides is 2. The number of pyridine rings is 1. The maximum absolute atomic E-state index is 13.0. The lowest BCUT2D eigenvalue weighted by Gasteiger charge is -2.37. The minimum absolute atomic E-state index is 0.0248. The predicted octanol–water partition coefficient (Wildman–Crippen LogP) is 4.29. The minimum Gasteiger partial charge on any atom is -0.415 e. The number of hydrogen-bond acceptors (Lipinski definition) is 6. The van der Waals surface area contributed by atoms with Crippen molar-refractivity contribution in [1.82, 2.24) is 20.1 Å². The average molecular weight is 477 g/mol. The van der Waals surface area contributed by atoms with Gasteiger partial charge in [-0.2, -0.15) is 8.78 Å². The molecule has 0 bridgehead atoms. The third kappa shape index (κ3) is 3.41.